The molecule has 0 aromatic heterocycles. The standard InChI is InChI=1S/C14H26N2O2/c1-3-16-8-5-11(6-9-16)12-4-7-15-14(2,10-12)13(17)18/h11-12,15H,3-10H2,1-2H3,(H,17,18). The van der Waals surface area contributed by atoms with Gasteiger partial charge in [-0.1, -0.05) is 6.92 Å². The van der Waals surface area contributed by atoms with E-state index in [-0.39, 0.29) is 0 Å². The summed E-state index contributed by atoms with van der Waals surface area (Å²) < 4.78 is 0. The lowest BCUT2D eigenvalue weighted by molar-refractivity contribution is -0.146. The molecule has 0 spiro atoms. The van der Waals surface area contributed by atoms with Crippen LogP contribution < -0.4 is 5.32 Å². The fraction of sp³-hybridized carbons (Fsp3) is 0.929. The number of hydrogen-bond acceptors (Lipinski definition) is 3. The number of carboxylic acid groups (broad SMARTS) is 1. The van der Waals surface area contributed by atoms with Crippen LogP contribution in [0.4, 0.5) is 0 Å². The fourth-order valence-corrected chi connectivity index (χ4v) is 3.54. The van der Waals surface area contributed by atoms with Gasteiger partial charge >= 0.3 is 5.97 Å². The molecule has 2 rings (SSSR count). The molecule has 2 heterocycles. The molecule has 18 heavy (non-hydrogen) atoms. The molecule has 0 radical (unpaired) electrons. The van der Waals surface area contributed by atoms with Crippen LogP contribution in [0.3, 0.4) is 0 Å². The second-order valence-electron chi connectivity index (χ2n) is 6.09. The average molecular weight is 254 g/mol. The molecule has 104 valence electrons. The molecule has 4 heteroatoms. The molecule has 0 saturated carbocycles. The van der Waals surface area contributed by atoms with E-state index < -0.39 is 11.5 Å². The lowest BCUT2D eigenvalue weighted by Gasteiger charge is -2.42. The lowest BCUT2D eigenvalue weighted by atomic mass is 9.73. The molecule has 2 fully saturated rings. The van der Waals surface area contributed by atoms with Crippen LogP contribution in [0.1, 0.15) is 39.5 Å². The normalized spacial score (nSPS) is 35.6. The van der Waals surface area contributed by atoms with E-state index in [0.717, 1.165) is 31.8 Å². The van der Waals surface area contributed by atoms with Gasteiger partial charge in [-0.05, 0) is 70.6 Å². The number of likely N-dealkylation sites (tertiary alicyclic amines) is 1. The van der Waals surface area contributed by atoms with Crippen LogP contribution in [0.15, 0.2) is 0 Å². The van der Waals surface area contributed by atoms with Crippen molar-refractivity contribution in [3.8, 4) is 0 Å². The van der Waals surface area contributed by atoms with E-state index in [4.69, 9.17) is 0 Å². The highest BCUT2D eigenvalue weighted by atomic mass is 16.4. The fourth-order valence-electron chi connectivity index (χ4n) is 3.54. The summed E-state index contributed by atoms with van der Waals surface area (Å²) in [7, 11) is 0. The van der Waals surface area contributed by atoms with Gasteiger partial charge in [0.1, 0.15) is 5.54 Å². The molecular weight excluding hydrogens is 228 g/mol. The second-order valence-corrected chi connectivity index (χ2v) is 6.09. The summed E-state index contributed by atoms with van der Waals surface area (Å²) in [6, 6.07) is 0. The van der Waals surface area contributed by atoms with Crippen molar-refractivity contribution >= 4 is 5.97 Å². The maximum Gasteiger partial charge on any atom is 0.323 e. The van der Waals surface area contributed by atoms with Crippen molar-refractivity contribution in [3.05, 3.63) is 0 Å². The molecule has 0 bridgehead atoms. The van der Waals surface area contributed by atoms with Gasteiger partial charge in [-0.2, -0.15) is 0 Å². The summed E-state index contributed by atoms with van der Waals surface area (Å²) in [5.74, 6) is 0.623. The number of aliphatic carboxylic acids is 1. The Labute approximate surface area is 110 Å². The Hall–Kier alpha value is -0.610. The monoisotopic (exact) mass is 254 g/mol. The largest absolute Gasteiger partial charge is 0.480 e. The van der Waals surface area contributed by atoms with Gasteiger partial charge in [0.05, 0.1) is 0 Å². The van der Waals surface area contributed by atoms with Crippen LogP contribution in [0.5, 0.6) is 0 Å². The van der Waals surface area contributed by atoms with Gasteiger partial charge in [-0.25, -0.2) is 0 Å². The van der Waals surface area contributed by atoms with Gasteiger partial charge in [-0.15, -0.1) is 0 Å². The molecule has 2 aliphatic heterocycles. The molecule has 2 aliphatic rings. The molecule has 0 aromatic carbocycles. The van der Waals surface area contributed by atoms with Gasteiger partial charge < -0.3 is 15.3 Å². The van der Waals surface area contributed by atoms with Crippen molar-refractivity contribution in [1.82, 2.24) is 10.2 Å². The van der Waals surface area contributed by atoms with E-state index >= 15 is 0 Å². The van der Waals surface area contributed by atoms with Crippen molar-refractivity contribution < 1.29 is 9.90 Å². The molecule has 0 amide bonds. The molecule has 2 saturated heterocycles. The van der Waals surface area contributed by atoms with Crippen molar-refractivity contribution in [2.24, 2.45) is 11.8 Å². The minimum absolute atomic E-state index is 0.589. The Morgan fingerprint density at radius 1 is 1.33 bits per heavy atom. The highest BCUT2D eigenvalue weighted by molar-refractivity contribution is 5.78. The number of carbonyl (C=O) groups is 1. The van der Waals surface area contributed by atoms with Gasteiger partial charge in [0.25, 0.3) is 0 Å². The molecule has 0 aromatic rings. The van der Waals surface area contributed by atoms with Crippen LogP contribution in [0, 0.1) is 11.8 Å². The zero-order valence-electron chi connectivity index (χ0n) is 11.6. The van der Waals surface area contributed by atoms with Crippen molar-refractivity contribution in [2.45, 2.75) is 45.1 Å². The summed E-state index contributed by atoms with van der Waals surface area (Å²) in [5.41, 5.74) is -0.704. The van der Waals surface area contributed by atoms with Crippen molar-refractivity contribution in [1.29, 1.82) is 0 Å². The van der Waals surface area contributed by atoms with E-state index in [0.29, 0.717) is 5.92 Å². The number of piperidine rings is 2. The van der Waals surface area contributed by atoms with Crippen LogP contribution in [-0.2, 0) is 4.79 Å². The third kappa shape index (κ3) is 2.86. The molecule has 2 unspecified atom stereocenters. The average Bonchev–Trinajstić information content (AvgIpc) is 2.39. The Kier molecular flexibility index (Phi) is 4.28. The smallest absolute Gasteiger partial charge is 0.323 e. The quantitative estimate of drug-likeness (QED) is 0.802. The predicted molar refractivity (Wildman–Crippen MR) is 71.6 cm³/mol. The summed E-state index contributed by atoms with van der Waals surface area (Å²) >= 11 is 0. The molecular formula is C14H26N2O2. The Morgan fingerprint density at radius 3 is 2.56 bits per heavy atom. The lowest BCUT2D eigenvalue weighted by Crippen LogP contribution is -2.55. The molecule has 2 N–H and O–H groups in total. The van der Waals surface area contributed by atoms with Crippen LogP contribution in [0.2, 0.25) is 0 Å². The van der Waals surface area contributed by atoms with Crippen molar-refractivity contribution in [2.75, 3.05) is 26.2 Å². The first kappa shape index (κ1) is 13.8. The third-order valence-electron chi connectivity index (χ3n) is 4.92. The minimum atomic E-state index is -0.704. The van der Waals surface area contributed by atoms with E-state index in [2.05, 4.69) is 17.1 Å². The molecule has 2 atom stereocenters. The number of rotatable bonds is 3. The summed E-state index contributed by atoms with van der Waals surface area (Å²) in [6.07, 6.45) is 4.42. The van der Waals surface area contributed by atoms with E-state index in [1.807, 2.05) is 6.92 Å². The topological polar surface area (TPSA) is 52.6 Å². The van der Waals surface area contributed by atoms with Crippen LogP contribution >= 0.6 is 0 Å². The van der Waals surface area contributed by atoms with Crippen LogP contribution in [-0.4, -0.2) is 47.7 Å². The molecule has 0 aliphatic carbocycles. The van der Waals surface area contributed by atoms with E-state index in [9.17, 15) is 9.90 Å². The van der Waals surface area contributed by atoms with Crippen molar-refractivity contribution in [3.63, 3.8) is 0 Å². The first-order valence-corrected chi connectivity index (χ1v) is 7.26. The summed E-state index contributed by atoms with van der Waals surface area (Å²) in [6.45, 7) is 8.42. The Bertz CT molecular complexity index is 300. The highest BCUT2D eigenvalue weighted by Gasteiger charge is 2.41. The van der Waals surface area contributed by atoms with Gasteiger partial charge in [0.15, 0.2) is 0 Å². The first-order valence-electron chi connectivity index (χ1n) is 7.26. The Morgan fingerprint density at radius 2 is 2.00 bits per heavy atom. The number of hydrogen-bond donors (Lipinski definition) is 2. The van der Waals surface area contributed by atoms with E-state index in [1.165, 1.54) is 25.9 Å². The minimum Gasteiger partial charge on any atom is -0.480 e. The van der Waals surface area contributed by atoms with Gasteiger partial charge in [0, 0.05) is 0 Å². The predicted octanol–water partition coefficient (Wildman–Crippen LogP) is 1.56. The maximum absolute atomic E-state index is 11.3. The summed E-state index contributed by atoms with van der Waals surface area (Å²) in [5, 5.41) is 12.5. The Balaban J connectivity index is 1.92. The maximum atomic E-state index is 11.3. The first-order chi connectivity index (χ1) is 8.55. The SMILES string of the molecule is CCN1CCC(C2CCNC(C)(C(=O)O)C2)CC1. The van der Waals surface area contributed by atoms with E-state index in [1.54, 1.807) is 0 Å². The number of nitrogens with zero attached hydrogens (tertiary/aromatic N) is 1. The number of nitrogens with one attached hydrogen (secondary N) is 1. The van der Waals surface area contributed by atoms with Crippen LogP contribution in [0.25, 0.3) is 0 Å². The number of carboxylic acids is 1. The molecule has 4 nitrogen and oxygen atoms in total. The summed E-state index contributed by atoms with van der Waals surface area (Å²) in [4.78, 5) is 13.8. The zero-order valence-corrected chi connectivity index (χ0v) is 11.6. The third-order valence-corrected chi connectivity index (χ3v) is 4.92. The van der Waals surface area contributed by atoms with Gasteiger partial charge in [0.2, 0.25) is 0 Å². The van der Waals surface area contributed by atoms with Gasteiger partial charge in [-0.3, -0.25) is 4.79 Å². The zero-order chi connectivity index (χ0) is 13.2. The highest BCUT2D eigenvalue weighted by Crippen LogP contribution is 2.35. The second kappa shape index (κ2) is 5.57.